The number of aromatic nitrogens is 2. The summed E-state index contributed by atoms with van der Waals surface area (Å²) in [5.74, 6) is 0.737. The monoisotopic (exact) mass is 397 g/mol. The predicted molar refractivity (Wildman–Crippen MR) is 123 cm³/mol. The number of hydrogen-bond acceptors (Lipinski definition) is 4. The molecular formula is C23H19N5S. The van der Waals surface area contributed by atoms with E-state index < -0.39 is 0 Å². The molecule has 5 nitrogen and oxygen atoms in total. The smallest absolute Gasteiger partial charge is 0.175 e. The number of para-hydroxylation sites is 1. The average molecular weight is 398 g/mol. The van der Waals surface area contributed by atoms with Gasteiger partial charge in [0, 0.05) is 28.7 Å². The summed E-state index contributed by atoms with van der Waals surface area (Å²) >= 11 is 5.36. The van der Waals surface area contributed by atoms with Crippen molar-refractivity contribution in [3.05, 3.63) is 97.3 Å². The Morgan fingerprint density at radius 3 is 1.93 bits per heavy atom. The summed E-state index contributed by atoms with van der Waals surface area (Å²) in [5, 5.41) is 10.2. The van der Waals surface area contributed by atoms with E-state index in [1.54, 1.807) is 6.33 Å². The van der Waals surface area contributed by atoms with Gasteiger partial charge in [-0.25, -0.2) is 9.97 Å². The summed E-state index contributed by atoms with van der Waals surface area (Å²) in [5.41, 5.74) is 4.70. The van der Waals surface area contributed by atoms with Crippen LogP contribution >= 0.6 is 12.2 Å². The molecule has 0 saturated heterocycles. The molecule has 3 aromatic carbocycles. The van der Waals surface area contributed by atoms with Crippen LogP contribution in [0.2, 0.25) is 0 Å². The van der Waals surface area contributed by atoms with Gasteiger partial charge in [-0.1, -0.05) is 48.5 Å². The predicted octanol–water partition coefficient (Wildman–Crippen LogP) is 5.70. The van der Waals surface area contributed by atoms with E-state index in [1.807, 2.05) is 91.0 Å². The first kappa shape index (κ1) is 18.6. The molecule has 0 fully saturated rings. The molecule has 0 spiro atoms. The molecule has 0 aliphatic carbocycles. The van der Waals surface area contributed by atoms with Gasteiger partial charge >= 0.3 is 0 Å². The van der Waals surface area contributed by atoms with Crippen molar-refractivity contribution in [2.75, 3.05) is 16.0 Å². The first-order valence-corrected chi connectivity index (χ1v) is 9.55. The van der Waals surface area contributed by atoms with Gasteiger partial charge in [-0.05, 0) is 48.6 Å². The molecule has 4 aromatic rings. The third kappa shape index (κ3) is 5.15. The first-order valence-electron chi connectivity index (χ1n) is 9.14. The van der Waals surface area contributed by atoms with E-state index in [2.05, 4.69) is 25.9 Å². The molecule has 3 N–H and O–H groups in total. The Labute approximate surface area is 174 Å². The van der Waals surface area contributed by atoms with E-state index in [9.17, 15) is 0 Å². The summed E-state index contributed by atoms with van der Waals surface area (Å²) in [7, 11) is 0. The molecule has 1 aromatic heterocycles. The van der Waals surface area contributed by atoms with Crippen LogP contribution in [0.4, 0.5) is 22.9 Å². The van der Waals surface area contributed by atoms with Crippen molar-refractivity contribution in [2.24, 2.45) is 0 Å². The maximum atomic E-state index is 5.36. The van der Waals surface area contributed by atoms with Crippen molar-refractivity contribution < 1.29 is 0 Å². The lowest BCUT2D eigenvalue weighted by Gasteiger charge is -2.11. The highest BCUT2D eigenvalue weighted by Crippen LogP contribution is 2.22. The molecule has 0 aliphatic rings. The highest BCUT2D eigenvalue weighted by atomic mass is 32.1. The molecule has 0 unspecified atom stereocenters. The zero-order valence-electron chi connectivity index (χ0n) is 15.5. The van der Waals surface area contributed by atoms with Crippen LogP contribution in [0.25, 0.3) is 11.3 Å². The number of thiocarbonyl (C=S) groups is 1. The van der Waals surface area contributed by atoms with Gasteiger partial charge in [0.25, 0.3) is 0 Å². The van der Waals surface area contributed by atoms with Crippen molar-refractivity contribution in [1.29, 1.82) is 0 Å². The van der Waals surface area contributed by atoms with Crippen LogP contribution in [-0.4, -0.2) is 15.1 Å². The Morgan fingerprint density at radius 1 is 0.655 bits per heavy atom. The largest absolute Gasteiger partial charge is 0.340 e. The maximum absolute atomic E-state index is 5.36. The molecule has 6 heteroatoms. The molecule has 0 radical (unpaired) electrons. The molecule has 0 amide bonds. The number of rotatable bonds is 5. The first-order chi connectivity index (χ1) is 14.3. The second-order valence-electron chi connectivity index (χ2n) is 6.30. The number of anilines is 4. The second-order valence-corrected chi connectivity index (χ2v) is 6.71. The summed E-state index contributed by atoms with van der Waals surface area (Å²) in [6.07, 6.45) is 1.56. The fraction of sp³-hybridized carbons (Fsp3) is 0. The molecule has 142 valence electrons. The fourth-order valence-corrected chi connectivity index (χ4v) is 3.03. The van der Waals surface area contributed by atoms with Crippen molar-refractivity contribution >= 4 is 40.2 Å². The third-order valence-corrected chi connectivity index (χ3v) is 4.39. The van der Waals surface area contributed by atoms with Gasteiger partial charge in [0.2, 0.25) is 0 Å². The van der Waals surface area contributed by atoms with E-state index in [0.29, 0.717) is 5.11 Å². The lowest BCUT2D eigenvalue weighted by atomic mass is 10.1. The van der Waals surface area contributed by atoms with Crippen LogP contribution in [0.3, 0.4) is 0 Å². The zero-order chi connectivity index (χ0) is 19.9. The topological polar surface area (TPSA) is 61.9 Å². The maximum Gasteiger partial charge on any atom is 0.175 e. The molecule has 0 atom stereocenters. The van der Waals surface area contributed by atoms with Gasteiger partial charge in [-0.3, -0.25) is 0 Å². The van der Waals surface area contributed by atoms with Crippen LogP contribution in [-0.2, 0) is 0 Å². The van der Waals surface area contributed by atoms with Crippen molar-refractivity contribution in [2.45, 2.75) is 0 Å². The summed E-state index contributed by atoms with van der Waals surface area (Å²) in [4.78, 5) is 8.66. The van der Waals surface area contributed by atoms with Crippen LogP contribution in [0.15, 0.2) is 97.3 Å². The minimum Gasteiger partial charge on any atom is -0.340 e. The Bertz CT molecular complexity index is 1080. The van der Waals surface area contributed by atoms with Gasteiger partial charge in [0.05, 0.1) is 5.69 Å². The molecule has 0 bridgehead atoms. The van der Waals surface area contributed by atoms with Crippen LogP contribution in [0, 0.1) is 0 Å². The van der Waals surface area contributed by atoms with Crippen LogP contribution in [0.5, 0.6) is 0 Å². The molecular weight excluding hydrogens is 378 g/mol. The van der Waals surface area contributed by atoms with Gasteiger partial charge < -0.3 is 16.0 Å². The van der Waals surface area contributed by atoms with Crippen molar-refractivity contribution in [3.63, 3.8) is 0 Å². The summed E-state index contributed by atoms with van der Waals surface area (Å²) in [6.45, 7) is 0. The van der Waals surface area contributed by atoms with Gasteiger partial charge in [-0.15, -0.1) is 0 Å². The molecule has 0 aliphatic heterocycles. The number of nitrogens with zero attached hydrogens (tertiary/aromatic N) is 2. The van der Waals surface area contributed by atoms with Crippen LogP contribution < -0.4 is 16.0 Å². The van der Waals surface area contributed by atoms with Crippen LogP contribution in [0.1, 0.15) is 0 Å². The van der Waals surface area contributed by atoms with E-state index in [-0.39, 0.29) is 0 Å². The molecule has 4 rings (SSSR count). The minimum absolute atomic E-state index is 0.542. The SMILES string of the molecule is S=C(Nc1ccccc1)Nc1ccc(Nc2cc(-c3ccccc3)ncn2)cc1. The number of benzene rings is 3. The Balaban J connectivity index is 1.39. The number of nitrogens with one attached hydrogen (secondary N) is 3. The summed E-state index contributed by atoms with van der Waals surface area (Å²) in [6, 6.07) is 29.6. The van der Waals surface area contributed by atoms with E-state index in [1.165, 1.54) is 0 Å². The molecule has 1 heterocycles. The average Bonchev–Trinajstić information content (AvgIpc) is 2.77. The lowest BCUT2D eigenvalue weighted by Crippen LogP contribution is -2.18. The molecule has 0 saturated carbocycles. The standard InChI is InChI=1S/C23H19N5S/c29-23(27-18-9-5-2-6-10-18)28-20-13-11-19(12-14-20)26-22-15-21(24-16-25-22)17-7-3-1-4-8-17/h1-16H,(H,24,25,26)(H2,27,28,29). The highest BCUT2D eigenvalue weighted by molar-refractivity contribution is 7.80. The Kier molecular flexibility index (Phi) is 5.73. The van der Waals surface area contributed by atoms with Gasteiger partial charge in [0.15, 0.2) is 5.11 Å². The Hall–Kier alpha value is -3.77. The zero-order valence-corrected chi connectivity index (χ0v) is 16.4. The molecule has 29 heavy (non-hydrogen) atoms. The van der Waals surface area contributed by atoms with E-state index in [0.717, 1.165) is 34.1 Å². The second kappa shape index (κ2) is 8.95. The van der Waals surface area contributed by atoms with Crippen molar-refractivity contribution in [3.8, 4) is 11.3 Å². The summed E-state index contributed by atoms with van der Waals surface area (Å²) < 4.78 is 0. The van der Waals surface area contributed by atoms with Gasteiger partial charge in [-0.2, -0.15) is 0 Å². The lowest BCUT2D eigenvalue weighted by molar-refractivity contribution is 1.17. The fourth-order valence-electron chi connectivity index (χ4n) is 2.79. The van der Waals surface area contributed by atoms with Gasteiger partial charge in [0.1, 0.15) is 12.1 Å². The van der Waals surface area contributed by atoms with Crippen molar-refractivity contribution in [1.82, 2.24) is 9.97 Å². The Morgan fingerprint density at radius 2 is 1.24 bits per heavy atom. The van der Waals surface area contributed by atoms with E-state index >= 15 is 0 Å². The quantitative estimate of drug-likeness (QED) is 0.376. The normalized spacial score (nSPS) is 10.2. The number of hydrogen-bond donors (Lipinski definition) is 3. The third-order valence-electron chi connectivity index (χ3n) is 4.18. The highest BCUT2D eigenvalue weighted by Gasteiger charge is 2.03. The minimum atomic E-state index is 0.542. The van der Waals surface area contributed by atoms with E-state index in [4.69, 9.17) is 12.2 Å².